The Kier molecular flexibility index (Phi) is 8.60. The van der Waals surface area contributed by atoms with Gasteiger partial charge in [0.05, 0.1) is 46.2 Å². The molecule has 196 valence electrons. The molecule has 0 N–H and O–H groups in total. The summed E-state index contributed by atoms with van der Waals surface area (Å²) in [6, 6.07) is 0. The van der Waals surface area contributed by atoms with Crippen LogP contribution in [-0.2, 0) is 33.2 Å². The first-order valence-electron chi connectivity index (χ1n) is 12.6. The molecule has 35 heavy (non-hydrogen) atoms. The lowest BCUT2D eigenvalue weighted by Crippen LogP contribution is -2.35. The fourth-order valence-corrected chi connectivity index (χ4v) is 3.21. The summed E-state index contributed by atoms with van der Waals surface area (Å²) in [5.74, 6) is 2.45. The molecule has 3 atom stereocenters. The normalized spacial score (nSPS) is 24.6. The highest BCUT2D eigenvalue weighted by molar-refractivity contribution is 5.38. The fourth-order valence-electron chi connectivity index (χ4n) is 3.21. The van der Waals surface area contributed by atoms with Gasteiger partial charge in [0, 0.05) is 5.92 Å². The van der Waals surface area contributed by atoms with E-state index >= 15 is 0 Å². The minimum Gasteiger partial charge on any atom is -0.371 e. The minimum absolute atomic E-state index is 0.105. The standard InChI is InChI=1S/C23H37N5O7/c1-16(2)21-24-22(27(12-29-5-17-3-4-17)13-30-6-18-9-33-18)26-23(25-21)28(14-31-7-19-10-34-19)15-32-8-20-11-35-20/h16-20H,3-15H2,1-2H3. The zero-order valence-electron chi connectivity index (χ0n) is 20.7. The molecule has 1 saturated carbocycles. The summed E-state index contributed by atoms with van der Waals surface area (Å²) in [5, 5.41) is 0. The van der Waals surface area contributed by atoms with Gasteiger partial charge >= 0.3 is 0 Å². The number of anilines is 2. The highest BCUT2D eigenvalue weighted by atomic mass is 16.6. The molecular weight excluding hydrogens is 458 g/mol. The Morgan fingerprint density at radius 1 is 0.686 bits per heavy atom. The molecule has 12 nitrogen and oxygen atoms in total. The molecule has 0 spiro atoms. The molecule has 12 heteroatoms. The van der Waals surface area contributed by atoms with Crippen molar-refractivity contribution in [2.75, 3.05) is 83.0 Å². The van der Waals surface area contributed by atoms with E-state index in [0.717, 1.165) is 26.4 Å². The first-order valence-corrected chi connectivity index (χ1v) is 12.6. The molecule has 4 fully saturated rings. The smallest absolute Gasteiger partial charge is 0.234 e. The van der Waals surface area contributed by atoms with E-state index in [1.807, 2.05) is 9.80 Å². The average molecular weight is 496 g/mol. The van der Waals surface area contributed by atoms with E-state index in [1.165, 1.54) is 12.8 Å². The number of rotatable bonds is 19. The van der Waals surface area contributed by atoms with Gasteiger partial charge in [0.15, 0.2) is 0 Å². The molecular formula is C23H37N5O7. The lowest BCUT2D eigenvalue weighted by atomic mass is 10.2. The number of aromatic nitrogens is 3. The van der Waals surface area contributed by atoms with E-state index in [-0.39, 0.29) is 37.7 Å². The zero-order chi connectivity index (χ0) is 24.0. The van der Waals surface area contributed by atoms with Crippen LogP contribution < -0.4 is 9.80 Å². The molecule has 0 bridgehead atoms. The van der Waals surface area contributed by atoms with Crippen LogP contribution in [0, 0.1) is 5.92 Å². The molecule has 3 unspecified atom stereocenters. The van der Waals surface area contributed by atoms with Crippen molar-refractivity contribution < 1.29 is 33.2 Å². The van der Waals surface area contributed by atoms with Crippen LogP contribution in [0.5, 0.6) is 0 Å². The molecule has 0 aromatic carbocycles. The molecule has 4 heterocycles. The predicted molar refractivity (Wildman–Crippen MR) is 124 cm³/mol. The van der Waals surface area contributed by atoms with E-state index in [2.05, 4.69) is 13.8 Å². The average Bonchev–Trinajstić information content (AvgIpc) is 3.69. The summed E-state index contributed by atoms with van der Waals surface area (Å²) < 4.78 is 39.3. The Balaban J connectivity index is 1.29. The van der Waals surface area contributed by atoms with Gasteiger partial charge in [-0.05, 0) is 18.8 Å². The van der Waals surface area contributed by atoms with Gasteiger partial charge in [-0.2, -0.15) is 15.0 Å². The van der Waals surface area contributed by atoms with Crippen LogP contribution in [0.25, 0.3) is 0 Å². The molecule has 3 aliphatic heterocycles. The quantitative estimate of drug-likeness (QED) is 0.202. The van der Waals surface area contributed by atoms with Crippen molar-refractivity contribution in [1.82, 2.24) is 15.0 Å². The van der Waals surface area contributed by atoms with Gasteiger partial charge in [0.2, 0.25) is 11.9 Å². The lowest BCUT2D eigenvalue weighted by Gasteiger charge is -2.26. The van der Waals surface area contributed by atoms with E-state index in [0.29, 0.717) is 56.9 Å². The summed E-state index contributed by atoms with van der Waals surface area (Å²) in [6.07, 6.45) is 2.99. The first-order chi connectivity index (χ1) is 17.1. The molecule has 0 amide bonds. The Bertz CT molecular complexity index is 708. The van der Waals surface area contributed by atoms with Crippen LogP contribution in [0.4, 0.5) is 11.9 Å². The highest BCUT2D eigenvalue weighted by Crippen LogP contribution is 2.29. The molecule has 0 radical (unpaired) electrons. The minimum atomic E-state index is 0.105. The molecule has 3 saturated heterocycles. The van der Waals surface area contributed by atoms with Crippen LogP contribution in [0.3, 0.4) is 0 Å². The second-order valence-electron chi connectivity index (χ2n) is 9.84. The van der Waals surface area contributed by atoms with Crippen molar-refractivity contribution in [3.05, 3.63) is 5.82 Å². The van der Waals surface area contributed by atoms with Crippen LogP contribution >= 0.6 is 0 Å². The van der Waals surface area contributed by atoms with E-state index in [1.54, 1.807) is 0 Å². The molecule has 1 aromatic rings. The summed E-state index contributed by atoms with van der Waals surface area (Å²) in [4.78, 5) is 18.0. The van der Waals surface area contributed by atoms with Crippen molar-refractivity contribution in [2.45, 2.75) is 50.9 Å². The van der Waals surface area contributed by atoms with Crippen molar-refractivity contribution >= 4 is 11.9 Å². The highest BCUT2D eigenvalue weighted by Gasteiger charge is 2.27. The number of ether oxygens (including phenoxy) is 7. The second kappa shape index (κ2) is 12.0. The Morgan fingerprint density at radius 2 is 1.09 bits per heavy atom. The van der Waals surface area contributed by atoms with Gasteiger partial charge in [-0.25, -0.2) is 0 Å². The van der Waals surface area contributed by atoms with Crippen LogP contribution in [0.1, 0.15) is 38.4 Å². The summed E-state index contributed by atoms with van der Waals surface area (Å²) >= 11 is 0. The van der Waals surface area contributed by atoms with Gasteiger partial charge in [-0.15, -0.1) is 0 Å². The number of nitrogens with zero attached hydrogens (tertiary/aromatic N) is 5. The van der Waals surface area contributed by atoms with Gasteiger partial charge in [0.1, 0.15) is 51.1 Å². The van der Waals surface area contributed by atoms with E-state index in [4.69, 9.17) is 48.1 Å². The van der Waals surface area contributed by atoms with Crippen molar-refractivity contribution in [1.29, 1.82) is 0 Å². The van der Waals surface area contributed by atoms with Crippen molar-refractivity contribution in [3.63, 3.8) is 0 Å². The van der Waals surface area contributed by atoms with Gasteiger partial charge < -0.3 is 33.2 Å². The van der Waals surface area contributed by atoms with Crippen molar-refractivity contribution in [3.8, 4) is 0 Å². The predicted octanol–water partition coefficient (Wildman–Crippen LogP) is 1.11. The fraction of sp³-hybridized carbons (Fsp3) is 0.870. The van der Waals surface area contributed by atoms with Gasteiger partial charge in [-0.1, -0.05) is 13.8 Å². The van der Waals surface area contributed by atoms with Gasteiger partial charge in [0.25, 0.3) is 0 Å². The summed E-state index contributed by atoms with van der Waals surface area (Å²) in [5.41, 5.74) is 0. The molecule has 5 rings (SSSR count). The molecule has 1 aliphatic carbocycles. The third-order valence-corrected chi connectivity index (χ3v) is 5.87. The maximum Gasteiger partial charge on any atom is 0.234 e. The Hall–Kier alpha value is -1.67. The number of epoxide rings is 3. The van der Waals surface area contributed by atoms with Crippen LogP contribution in [0.2, 0.25) is 0 Å². The second-order valence-corrected chi connectivity index (χ2v) is 9.84. The van der Waals surface area contributed by atoms with Crippen molar-refractivity contribution in [2.24, 2.45) is 5.92 Å². The van der Waals surface area contributed by atoms with E-state index < -0.39 is 0 Å². The summed E-state index contributed by atoms with van der Waals surface area (Å²) in [7, 11) is 0. The summed E-state index contributed by atoms with van der Waals surface area (Å²) in [6.45, 7) is 9.86. The molecule has 4 aliphatic rings. The van der Waals surface area contributed by atoms with Crippen LogP contribution in [0.15, 0.2) is 0 Å². The first kappa shape index (κ1) is 25.0. The molecule has 1 aromatic heterocycles. The van der Waals surface area contributed by atoms with Gasteiger partial charge in [-0.3, -0.25) is 9.80 Å². The lowest BCUT2D eigenvalue weighted by molar-refractivity contribution is 0.0695. The number of hydrogen-bond donors (Lipinski definition) is 0. The largest absolute Gasteiger partial charge is 0.371 e. The maximum absolute atomic E-state index is 5.97. The Labute approximate surface area is 206 Å². The SMILES string of the molecule is CC(C)c1nc(N(COCC2CC2)COCC2CO2)nc(N(COCC2CO2)COCC2CO2)n1. The maximum atomic E-state index is 5.97. The topological polar surface area (TPSA) is 120 Å². The number of hydrogen-bond acceptors (Lipinski definition) is 12. The zero-order valence-corrected chi connectivity index (χ0v) is 20.7. The Morgan fingerprint density at radius 3 is 1.43 bits per heavy atom. The van der Waals surface area contributed by atoms with E-state index in [9.17, 15) is 0 Å². The third-order valence-electron chi connectivity index (χ3n) is 5.87. The van der Waals surface area contributed by atoms with Crippen LogP contribution in [-0.4, -0.2) is 106 Å². The third kappa shape index (κ3) is 8.74. The monoisotopic (exact) mass is 495 g/mol.